The summed E-state index contributed by atoms with van der Waals surface area (Å²) in [6, 6.07) is 0. The van der Waals surface area contributed by atoms with Crippen molar-refractivity contribution in [3.8, 4) is 0 Å². The van der Waals surface area contributed by atoms with E-state index >= 15 is 0 Å². The molecule has 0 aromatic heterocycles. The van der Waals surface area contributed by atoms with Crippen LogP contribution in [0.2, 0.25) is 0 Å². The normalized spacial score (nSPS) is 17.4. The predicted octanol–water partition coefficient (Wildman–Crippen LogP) is 3.79. The number of hydrogen-bond donors (Lipinski definition) is 12. The van der Waals surface area contributed by atoms with Crippen LogP contribution in [0, 0.1) is 51.2 Å². The van der Waals surface area contributed by atoms with Crippen molar-refractivity contribution in [1.82, 2.24) is 0 Å². The van der Waals surface area contributed by atoms with E-state index < -0.39 is 183 Å². The van der Waals surface area contributed by atoms with E-state index in [2.05, 4.69) is 126 Å². The molecule has 0 aliphatic heterocycles. The minimum Gasteiger partial charge on any atom is -0.465 e. The van der Waals surface area contributed by atoms with Crippen molar-refractivity contribution in [3.63, 3.8) is 0 Å². The summed E-state index contributed by atoms with van der Waals surface area (Å²) in [6.45, 7) is 8.88. The Labute approximate surface area is 578 Å². The van der Waals surface area contributed by atoms with Crippen LogP contribution < -0.4 is 0 Å². The predicted molar refractivity (Wildman–Crippen MR) is 362 cm³/mol. The van der Waals surface area contributed by atoms with Gasteiger partial charge in [0.05, 0.1) is 117 Å². The highest BCUT2D eigenvalue weighted by atomic mass is 32.1. The smallest absolute Gasteiger partial charge is 0.318 e. The second-order valence-corrected chi connectivity index (χ2v) is 27.9. The minimum absolute atomic E-state index is 0.208. The number of aliphatic hydroxyl groups is 2. The van der Waals surface area contributed by atoms with Gasteiger partial charge in [-0.2, -0.15) is 126 Å². The van der Waals surface area contributed by atoms with Crippen molar-refractivity contribution < 1.29 is 115 Å². The van der Waals surface area contributed by atoms with Gasteiger partial charge in [0.25, 0.3) is 0 Å². The van der Waals surface area contributed by atoms with Crippen molar-refractivity contribution in [3.05, 3.63) is 0 Å². The molecule has 34 heteroatoms. The fourth-order valence-electron chi connectivity index (χ4n) is 5.92. The summed E-state index contributed by atoms with van der Waals surface area (Å²) in [7, 11) is 0. The molecule has 0 amide bonds. The van der Waals surface area contributed by atoms with Crippen LogP contribution in [-0.2, 0) is 105 Å². The number of rotatable bonds is 45. The number of hydrogen-bond acceptors (Lipinski definition) is 34. The maximum absolute atomic E-state index is 12.7. The molecule has 10 atom stereocenters. The van der Waals surface area contributed by atoms with Gasteiger partial charge in [0, 0.05) is 28.8 Å². The van der Waals surface area contributed by atoms with Crippen LogP contribution in [0.5, 0.6) is 0 Å². The van der Waals surface area contributed by atoms with Crippen LogP contribution in [0.3, 0.4) is 0 Å². The average molecular weight is 1460 g/mol. The first-order valence-electron chi connectivity index (χ1n) is 28.0. The lowest BCUT2D eigenvalue weighted by molar-refractivity contribution is -0.178. The summed E-state index contributed by atoms with van der Waals surface area (Å²) in [5, 5.41) is 16.9. The third-order valence-electron chi connectivity index (χ3n) is 12.6. The molecule has 0 aromatic carbocycles. The number of thiol groups is 10. The SMILES string of the molecule is CC(CS)C(=O)OCC(CO)(COCC(COC(=O)C(C)CS)(COC(=O)C(C)CS)COC(=O)C(C)CS)COC(=O)C(C)CS.CC(S)C(=O)OCC(CO)(COCC(COC(=O)C(C)S)(COC(=O)C(C)S)COC(=O)C(C)S)COC(=O)C(C)S. The summed E-state index contributed by atoms with van der Waals surface area (Å²) in [4.78, 5) is 124. The van der Waals surface area contributed by atoms with Gasteiger partial charge >= 0.3 is 59.7 Å². The molecule has 0 aliphatic carbocycles. The zero-order chi connectivity index (χ0) is 68.9. The van der Waals surface area contributed by atoms with E-state index in [0.717, 1.165) is 0 Å². The molecule has 0 spiro atoms. The molecule has 0 saturated carbocycles. The number of carbonyl (C=O) groups is 10. The first kappa shape index (κ1) is 89.1. The Hall–Kier alpha value is -1.96. The lowest BCUT2D eigenvalue weighted by Crippen LogP contribution is -2.47. The second kappa shape index (κ2) is 47.0. The standard InChI is InChI=1S/C30H52O12S5.C25H42O12S5/c1-19(6-43)24(32)38-14-29(11-31,15-39-25(33)20(2)7-44)12-37-13-30(16-40-26(34)21(3)8-45,17-41-27(35)22(4)9-46)18-42-28(36)23(5)10-47;1-14(38)19(27)33-9-24(6-26,10-34-20(28)15(2)39)7-32-8-25(11-35-21(29)16(3)40,12-36-22(30)17(4)41)13-37-23(31)18(5)42/h19-23,31,43-47H,6-18H2,1-5H3;14-18,26,38-42H,6-13H2,1-5H3. The fraction of sp³-hybridized carbons (Fsp3) is 0.818. The van der Waals surface area contributed by atoms with Crippen LogP contribution in [0.25, 0.3) is 0 Å². The zero-order valence-corrected chi connectivity index (χ0v) is 60.9. The van der Waals surface area contributed by atoms with Gasteiger partial charge in [0.15, 0.2) is 0 Å². The summed E-state index contributed by atoms with van der Waals surface area (Å²) >= 11 is 40.9. The monoisotopic (exact) mass is 1460 g/mol. The van der Waals surface area contributed by atoms with Crippen molar-refractivity contribution in [2.24, 2.45) is 51.2 Å². The van der Waals surface area contributed by atoms with Crippen molar-refractivity contribution >= 4 is 186 Å². The van der Waals surface area contributed by atoms with Gasteiger partial charge in [0.2, 0.25) is 0 Å². The fourth-order valence-corrected chi connectivity index (χ4v) is 7.04. The topological polar surface area (TPSA) is 322 Å². The van der Waals surface area contributed by atoms with Gasteiger partial charge in [-0.05, 0) is 34.6 Å². The van der Waals surface area contributed by atoms with Crippen LogP contribution >= 0.6 is 126 Å². The van der Waals surface area contributed by atoms with Crippen LogP contribution in [-0.4, -0.2) is 231 Å². The average Bonchev–Trinajstić information content (AvgIpc) is 2.77. The Morgan fingerprint density at radius 1 is 0.258 bits per heavy atom. The Morgan fingerprint density at radius 2 is 0.393 bits per heavy atom. The van der Waals surface area contributed by atoms with Crippen molar-refractivity contribution in [2.45, 2.75) is 95.5 Å². The minimum atomic E-state index is -1.44. The van der Waals surface area contributed by atoms with E-state index in [1.807, 2.05) is 0 Å². The molecule has 0 heterocycles. The van der Waals surface area contributed by atoms with E-state index in [1.54, 1.807) is 34.6 Å². The number of esters is 10. The molecule has 24 nitrogen and oxygen atoms in total. The summed E-state index contributed by atoms with van der Waals surface area (Å²) < 4.78 is 66.1. The van der Waals surface area contributed by atoms with Gasteiger partial charge in [-0.15, -0.1) is 0 Å². The maximum atomic E-state index is 12.7. The van der Waals surface area contributed by atoms with Crippen LogP contribution in [0.4, 0.5) is 0 Å². The highest BCUT2D eigenvalue weighted by molar-refractivity contribution is 7.82. The van der Waals surface area contributed by atoms with Gasteiger partial charge in [-0.1, -0.05) is 34.6 Å². The molecule has 2 N–H and O–H groups in total. The van der Waals surface area contributed by atoms with E-state index in [9.17, 15) is 58.2 Å². The molecule has 0 aliphatic rings. The molecule has 0 aromatic rings. The van der Waals surface area contributed by atoms with Crippen LogP contribution in [0.15, 0.2) is 0 Å². The molecular weight excluding hydrogens is 1370 g/mol. The number of aliphatic hydroxyl groups excluding tert-OH is 2. The molecule has 518 valence electrons. The highest BCUT2D eigenvalue weighted by Crippen LogP contribution is 2.29. The molecule has 0 rings (SSSR count). The Morgan fingerprint density at radius 3 is 0.528 bits per heavy atom. The maximum Gasteiger partial charge on any atom is 0.318 e. The first-order valence-corrected chi connectivity index (χ1v) is 33.7. The molecule has 10 unspecified atom stereocenters. The van der Waals surface area contributed by atoms with E-state index in [-0.39, 0.29) is 88.2 Å². The Bertz CT molecular complexity index is 2000. The van der Waals surface area contributed by atoms with E-state index in [4.69, 9.17) is 56.8 Å². The van der Waals surface area contributed by atoms with Crippen LogP contribution in [0.1, 0.15) is 69.2 Å². The number of carbonyl (C=O) groups excluding carboxylic acids is 10. The molecule has 0 bridgehead atoms. The van der Waals surface area contributed by atoms with Gasteiger partial charge in [0.1, 0.15) is 66.1 Å². The van der Waals surface area contributed by atoms with E-state index in [0.29, 0.717) is 0 Å². The van der Waals surface area contributed by atoms with Crippen molar-refractivity contribution in [2.75, 3.05) is 134 Å². The van der Waals surface area contributed by atoms with Gasteiger partial charge < -0.3 is 67.1 Å². The summed E-state index contributed by atoms with van der Waals surface area (Å²) in [5.41, 5.74) is -5.72. The molecule has 0 saturated heterocycles. The highest BCUT2D eigenvalue weighted by Gasteiger charge is 2.43. The quantitative estimate of drug-likeness (QED) is 0.0234. The van der Waals surface area contributed by atoms with Crippen molar-refractivity contribution in [1.29, 1.82) is 0 Å². The lowest BCUT2D eigenvalue weighted by Gasteiger charge is -2.35. The zero-order valence-electron chi connectivity index (χ0n) is 52.0. The first-order chi connectivity index (χ1) is 41.5. The molecule has 0 radical (unpaired) electrons. The summed E-state index contributed by atoms with van der Waals surface area (Å²) in [6.07, 6.45) is 0. The lowest BCUT2D eigenvalue weighted by atomic mass is 9.90. The number of ether oxygens (including phenoxy) is 12. The third-order valence-corrected chi connectivity index (χ3v) is 16.4. The largest absolute Gasteiger partial charge is 0.465 e. The molecule has 89 heavy (non-hydrogen) atoms. The summed E-state index contributed by atoms with van der Waals surface area (Å²) in [5.74, 6) is -8.13. The second-order valence-electron chi connectivity index (χ2n) is 22.2. The Kier molecular flexibility index (Phi) is 47.1. The van der Waals surface area contributed by atoms with Gasteiger partial charge in [-0.3, -0.25) is 47.9 Å². The molecular formula is C55H94O24S10. The Balaban J connectivity index is 0. The van der Waals surface area contributed by atoms with Gasteiger partial charge in [-0.25, -0.2) is 0 Å². The molecule has 0 fully saturated rings. The van der Waals surface area contributed by atoms with E-state index in [1.165, 1.54) is 34.6 Å². The third kappa shape index (κ3) is 35.9.